The summed E-state index contributed by atoms with van der Waals surface area (Å²) in [5.41, 5.74) is 22.2. The minimum Gasteiger partial charge on any atom is -0.394 e. The van der Waals surface area contributed by atoms with Gasteiger partial charge in [-0.25, -0.2) is 0 Å². The molecule has 15 unspecified atom stereocenters. The van der Waals surface area contributed by atoms with Gasteiger partial charge in [0.2, 0.25) is 0 Å². The highest BCUT2D eigenvalue weighted by Gasteiger charge is 2.51. The highest BCUT2D eigenvalue weighted by Crippen LogP contribution is 2.32. The van der Waals surface area contributed by atoms with Crippen LogP contribution in [0.5, 0.6) is 0 Å². The molecule has 2 aliphatic heterocycles. The van der Waals surface area contributed by atoms with Crippen molar-refractivity contribution >= 4 is 6.21 Å². The van der Waals surface area contributed by atoms with Gasteiger partial charge in [-0.15, -0.1) is 0 Å². The van der Waals surface area contributed by atoms with Crippen LogP contribution in [-0.2, 0) is 18.9 Å². The van der Waals surface area contributed by atoms with E-state index in [1.165, 1.54) is 17.4 Å². The molecule has 15 heteroatoms. The van der Waals surface area contributed by atoms with Crippen LogP contribution >= 0.6 is 0 Å². The van der Waals surface area contributed by atoms with Crippen LogP contribution in [0.15, 0.2) is 39.9 Å². The average molecular weight is 687 g/mol. The maximum atomic E-state index is 11.3. The zero-order valence-corrected chi connectivity index (χ0v) is 28.4. The van der Waals surface area contributed by atoms with Gasteiger partial charge >= 0.3 is 0 Å². The van der Waals surface area contributed by atoms with Gasteiger partial charge in [-0.05, 0) is 65.9 Å². The number of hydrogen-bond acceptors (Lipinski definition) is 15. The Balaban J connectivity index is 1.67. The van der Waals surface area contributed by atoms with E-state index in [9.17, 15) is 35.7 Å². The van der Waals surface area contributed by atoms with Gasteiger partial charge in [0.25, 0.3) is 0 Å². The molecule has 2 heterocycles. The van der Waals surface area contributed by atoms with Crippen LogP contribution < -0.4 is 17.2 Å². The van der Waals surface area contributed by atoms with Crippen LogP contribution in [0.1, 0.15) is 59.8 Å². The molecule has 0 bridgehead atoms. The predicted molar refractivity (Wildman–Crippen MR) is 178 cm³/mol. The lowest BCUT2D eigenvalue weighted by molar-refractivity contribution is -0.320. The fourth-order valence-electron chi connectivity index (χ4n) is 6.12. The number of ether oxygens (including phenoxy) is 4. The third-order valence-corrected chi connectivity index (χ3v) is 9.16. The zero-order valence-electron chi connectivity index (χ0n) is 28.4. The summed E-state index contributed by atoms with van der Waals surface area (Å²) in [6, 6.07) is -4.05. The van der Waals surface area contributed by atoms with E-state index in [1.807, 2.05) is 6.92 Å². The number of aliphatic hydroxyl groups is 7. The largest absolute Gasteiger partial charge is 0.394 e. The minimum atomic E-state index is -1.51. The van der Waals surface area contributed by atoms with Gasteiger partial charge in [0.1, 0.15) is 61.0 Å². The lowest BCUT2D eigenvalue weighted by Crippen LogP contribution is -2.68. The van der Waals surface area contributed by atoms with Crippen LogP contribution in [0.2, 0.25) is 0 Å². The van der Waals surface area contributed by atoms with Crippen LogP contribution in [0, 0.1) is 0 Å². The first-order valence-corrected chi connectivity index (χ1v) is 16.7. The Morgan fingerprint density at radius 2 is 1.25 bits per heavy atom. The van der Waals surface area contributed by atoms with Crippen molar-refractivity contribution in [3.05, 3.63) is 34.9 Å². The highest BCUT2D eigenvalue weighted by atomic mass is 16.7. The molecule has 3 rings (SSSR count). The number of nitrogens with zero attached hydrogens (tertiary/aromatic N) is 1. The van der Waals surface area contributed by atoms with Gasteiger partial charge in [0, 0.05) is 18.3 Å². The van der Waals surface area contributed by atoms with Gasteiger partial charge in [0.05, 0.1) is 19.3 Å². The summed E-state index contributed by atoms with van der Waals surface area (Å²) in [6.45, 7) is 7.04. The molecule has 48 heavy (non-hydrogen) atoms. The van der Waals surface area contributed by atoms with Crippen molar-refractivity contribution in [3.8, 4) is 0 Å². The SMILES string of the molecule is CC(C)=CCC/C(C)=C/CC/C(C)=C/C=NC1C(O)C(CO)OC(OC2C(N)CC(N)C(OC3OC(CO)C(O)C(O)C3N)C2O)C1O. The molecule has 1 saturated carbocycles. The van der Waals surface area contributed by atoms with Crippen molar-refractivity contribution in [1.29, 1.82) is 0 Å². The molecule has 0 aromatic carbocycles. The second kappa shape index (κ2) is 19.1. The topological polar surface area (TPSA) is 269 Å². The van der Waals surface area contributed by atoms with Crippen molar-refractivity contribution in [2.75, 3.05) is 13.2 Å². The number of nitrogens with two attached hydrogens (primary N) is 3. The van der Waals surface area contributed by atoms with Gasteiger partial charge in [-0.3, -0.25) is 4.99 Å². The fourth-order valence-corrected chi connectivity index (χ4v) is 6.12. The molecule has 15 nitrogen and oxygen atoms in total. The molecular formula is C33H58N4O11. The Kier molecular flexibility index (Phi) is 16.2. The van der Waals surface area contributed by atoms with E-state index in [0.717, 1.165) is 31.3 Å². The monoisotopic (exact) mass is 686 g/mol. The summed E-state index contributed by atoms with van der Waals surface area (Å²) in [5, 5.41) is 73.2. The van der Waals surface area contributed by atoms with E-state index in [0.29, 0.717) is 0 Å². The Hall–Kier alpha value is -1.67. The number of aliphatic hydroxyl groups excluding tert-OH is 7. The Morgan fingerprint density at radius 1 is 0.708 bits per heavy atom. The molecule has 13 N–H and O–H groups in total. The molecule has 276 valence electrons. The van der Waals surface area contributed by atoms with Crippen molar-refractivity contribution in [3.63, 3.8) is 0 Å². The van der Waals surface area contributed by atoms with Crippen LogP contribution in [0.4, 0.5) is 0 Å². The zero-order chi connectivity index (χ0) is 35.7. The Morgan fingerprint density at radius 3 is 1.85 bits per heavy atom. The molecule has 3 fully saturated rings. The first-order chi connectivity index (χ1) is 22.7. The van der Waals surface area contributed by atoms with Gasteiger partial charge in [0.15, 0.2) is 12.6 Å². The summed E-state index contributed by atoms with van der Waals surface area (Å²) in [4.78, 5) is 4.38. The standard InChI is InChI=1S/C33H58N4O11/c1-16(2)7-5-8-17(3)9-6-10-18(4)11-12-37-24-25(40)21(14-38)46-33(28(24)43)48-31-20(35)13-19(34)30(29(31)44)47-32-23(36)27(42)26(41)22(15-39)45-32/h7,9,11-12,19-33,38-44H,5-6,8,10,13-15,34-36H2,1-4H3/b17-9+,18-11+,37-12?. The molecule has 2 saturated heterocycles. The number of aliphatic imine (C=N–C) groups is 1. The Labute approximate surface area is 282 Å². The third-order valence-electron chi connectivity index (χ3n) is 9.16. The summed E-state index contributed by atoms with van der Waals surface area (Å²) in [5.74, 6) is 0. The van der Waals surface area contributed by atoms with Gasteiger partial charge in [-0.1, -0.05) is 28.9 Å². The molecule has 0 aromatic rings. The van der Waals surface area contributed by atoms with Crippen molar-refractivity contribution in [2.24, 2.45) is 22.2 Å². The van der Waals surface area contributed by atoms with Crippen LogP contribution in [0.25, 0.3) is 0 Å². The molecule has 0 radical (unpaired) electrons. The molecule has 1 aliphatic carbocycles. The number of hydrogen-bond donors (Lipinski definition) is 10. The first kappa shape index (κ1) is 40.8. The summed E-state index contributed by atoms with van der Waals surface area (Å²) < 4.78 is 23.1. The number of allylic oxidation sites excluding steroid dienone is 6. The first-order valence-electron chi connectivity index (χ1n) is 16.7. The average Bonchev–Trinajstić information content (AvgIpc) is 3.03. The normalized spacial score (nSPS) is 41.5. The van der Waals surface area contributed by atoms with Gasteiger partial charge < -0.3 is 71.9 Å². The van der Waals surface area contributed by atoms with Crippen LogP contribution in [0.3, 0.4) is 0 Å². The van der Waals surface area contributed by atoms with E-state index >= 15 is 0 Å². The third kappa shape index (κ3) is 10.7. The molecule has 0 aromatic heterocycles. The summed E-state index contributed by atoms with van der Waals surface area (Å²) in [7, 11) is 0. The van der Waals surface area contributed by atoms with E-state index < -0.39 is 105 Å². The fraction of sp³-hybridized carbons (Fsp3) is 0.788. The van der Waals surface area contributed by atoms with Crippen molar-refractivity contribution < 1.29 is 54.7 Å². The van der Waals surface area contributed by atoms with Gasteiger partial charge in [-0.2, -0.15) is 0 Å². The lowest BCUT2D eigenvalue weighted by atomic mass is 9.84. The van der Waals surface area contributed by atoms with Crippen molar-refractivity contribution in [1.82, 2.24) is 0 Å². The Bertz CT molecular complexity index is 1120. The summed E-state index contributed by atoms with van der Waals surface area (Å²) >= 11 is 0. The molecule has 0 amide bonds. The molecule has 0 spiro atoms. The summed E-state index contributed by atoms with van der Waals surface area (Å²) in [6.07, 6.45) is -3.36. The molecule has 15 atom stereocenters. The van der Waals surface area contributed by atoms with E-state index in [2.05, 4.69) is 37.9 Å². The van der Waals surface area contributed by atoms with Crippen LogP contribution in [-0.4, -0.2) is 147 Å². The maximum Gasteiger partial charge on any atom is 0.186 e. The number of rotatable bonds is 14. The maximum absolute atomic E-state index is 11.3. The van der Waals surface area contributed by atoms with E-state index in [1.54, 1.807) is 6.08 Å². The van der Waals surface area contributed by atoms with E-state index in [4.69, 9.17) is 36.1 Å². The second-order valence-corrected chi connectivity index (χ2v) is 13.5. The highest BCUT2D eigenvalue weighted by molar-refractivity contribution is 5.72. The molecule has 3 aliphatic rings. The smallest absolute Gasteiger partial charge is 0.186 e. The second-order valence-electron chi connectivity index (χ2n) is 13.5. The predicted octanol–water partition coefficient (Wildman–Crippen LogP) is -1.76. The van der Waals surface area contributed by atoms with E-state index in [-0.39, 0.29) is 6.42 Å². The lowest BCUT2D eigenvalue weighted by Gasteiger charge is -2.48. The quantitative estimate of drug-likeness (QED) is 0.0717. The minimum absolute atomic E-state index is 0.0909. The van der Waals surface area contributed by atoms with Crippen molar-refractivity contribution in [2.45, 2.75) is 151 Å². The molecular weight excluding hydrogens is 628 g/mol.